The highest BCUT2D eigenvalue weighted by Crippen LogP contribution is 2.15. The molecule has 0 aliphatic carbocycles. The van der Waals surface area contributed by atoms with Gasteiger partial charge in [-0.15, -0.1) is 0 Å². The molecule has 0 aliphatic heterocycles. The predicted molar refractivity (Wildman–Crippen MR) is 61.0 cm³/mol. The van der Waals surface area contributed by atoms with Crippen LogP contribution >= 0.6 is 0 Å². The van der Waals surface area contributed by atoms with Crippen molar-refractivity contribution in [2.45, 2.75) is 26.3 Å². The van der Waals surface area contributed by atoms with Crippen molar-refractivity contribution in [3.05, 3.63) is 40.8 Å². The minimum Gasteiger partial charge on any atom is -0.303 e. The average Bonchev–Trinajstić information content (AvgIpc) is 2.28. The van der Waals surface area contributed by atoms with Gasteiger partial charge in [-0.05, 0) is 25.5 Å². The number of benzene rings is 1. The molecule has 15 heavy (non-hydrogen) atoms. The number of hydrogen-bond donors (Lipinski definition) is 0. The summed E-state index contributed by atoms with van der Waals surface area (Å²) in [6, 6.07) is 7.94. The molecule has 1 atom stereocenters. The lowest BCUT2D eigenvalue weighted by atomic mass is 10.2. The van der Waals surface area contributed by atoms with E-state index >= 15 is 0 Å². The van der Waals surface area contributed by atoms with Crippen LogP contribution in [0, 0.1) is 0 Å². The Labute approximate surface area is 88.4 Å². The molecule has 1 unspecified atom stereocenters. The maximum atomic E-state index is 11.7. The fourth-order valence-corrected chi connectivity index (χ4v) is 1.72. The van der Waals surface area contributed by atoms with E-state index in [0.717, 1.165) is 17.5 Å². The van der Waals surface area contributed by atoms with Crippen LogP contribution in [0.25, 0.3) is 11.0 Å². The Morgan fingerprint density at radius 2 is 2.13 bits per heavy atom. The van der Waals surface area contributed by atoms with Crippen molar-refractivity contribution < 1.29 is 0 Å². The third-order valence-electron chi connectivity index (χ3n) is 2.72. The first-order chi connectivity index (χ1) is 7.24. The zero-order valence-corrected chi connectivity index (χ0v) is 8.97. The molecule has 2 rings (SSSR count). The van der Waals surface area contributed by atoms with Crippen molar-refractivity contribution in [3.63, 3.8) is 0 Å². The maximum Gasteiger partial charge on any atom is 0.269 e. The lowest BCUT2D eigenvalue weighted by molar-refractivity contribution is 0.530. The average molecular weight is 202 g/mol. The van der Waals surface area contributed by atoms with Crippen molar-refractivity contribution in [3.8, 4) is 0 Å². The van der Waals surface area contributed by atoms with Gasteiger partial charge in [-0.2, -0.15) is 0 Å². The van der Waals surface area contributed by atoms with E-state index in [2.05, 4.69) is 11.9 Å². The zero-order valence-electron chi connectivity index (χ0n) is 8.97. The molecular formula is C12H14N2O. The monoisotopic (exact) mass is 202 g/mol. The smallest absolute Gasteiger partial charge is 0.269 e. The molecule has 2 aromatic rings. The molecule has 0 radical (unpaired) electrons. The Morgan fingerprint density at radius 1 is 1.40 bits per heavy atom. The van der Waals surface area contributed by atoms with Crippen LogP contribution < -0.4 is 5.56 Å². The van der Waals surface area contributed by atoms with E-state index in [1.807, 2.05) is 35.8 Å². The summed E-state index contributed by atoms with van der Waals surface area (Å²) in [4.78, 5) is 15.9. The van der Waals surface area contributed by atoms with Crippen LogP contribution in [0.5, 0.6) is 0 Å². The fraction of sp³-hybridized carbons (Fsp3) is 0.333. The van der Waals surface area contributed by atoms with Gasteiger partial charge >= 0.3 is 0 Å². The second kappa shape index (κ2) is 3.85. The largest absolute Gasteiger partial charge is 0.303 e. The summed E-state index contributed by atoms with van der Waals surface area (Å²) in [5, 5.41) is 0. The van der Waals surface area contributed by atoms with Gasteiger partial charge in [-0.25, -0.2) is 4.98 Å². The summed E-state index contributed by atoms with van der Waals surface area (Å²) in [6.07, 6.45) is 2.34. The van der Waals surface area contributed by atoms with Crippen LogP contribution in [-0.4, -0.2) is 9.55 Å². The minimum atomic E-state index is -0.0250. The lowest BCUT2D eigenvalue weighted by Gasteiger charge is -2.15. The van der Waals surface area contributed by atoms with Gasteiger partial charge in [0.05, 0.1) is 17.2 Å². The van der Waals surface area contributed by atoms with E-state index in [0.29, 0.717) is 0 Å². The van der Waals surface area contributed by atoms with Crippen molar-refractivity contribution >= 4 is 11.0 Å². The third kappa shape index (κ3) is 1.65. The van der Waals surface area contributed by atoms with E-state index in [9.17, 15) is 4.79 Å². The van der Waals surface area contributed by atoms with Crippen LogP contribution in [0.1, 0.15) is 26.3 Å². The Bertz CT molecular complexity index is 530. The number of fused-ring (bicyclic) bond motifs is 1. The molecule has 1 aromatic carbocycles. The first-order valence-corrected chi connectivity index (χ1v) is 5.20. The van der Waals surface area contributed by atoms with Crippen LogP contribution in [0.4, 0.5) is 0 Å². The van der Waals surface area contributed by atoms with Crippen LogP contribution in [0.3, 0.4) is 0 Å². The summed E-state index contributed by atoms with van der Waals surface area (Å²) in [6.45, 7) is 4.13. The molecule has 0 bridgehead atoms. The Kier molecular flexibility index (Phi) is 2.54. The Morgan fingerprint density at radius 3 is 2.87 bits per heavy atom. The van der Waals surface area contributed by atoms with E-state index in [1.165, 1.54) is 6.20 Å². The highest BCUT2D eigenvalue weighted by atomic mass is 16.1. The normalized spacial score (nSPS) is 12.9. The molecule has 0 amide bonds. The van der Waals surface area contributed by atoms with Gasteiger partial charge in [0.1, 0.15) is 0 Å². The molecule has 0 N–H and O–H groups in total. The van der Waals surface area contributed by atoms with E-state index in [1.54, 1.807) is 0 Å². The fourth-order valence-electron chi connectivity index (χ4n) is 1.72. The quantitative estimate of drug-likeness (QED) is 0.749. The number of hydrogen-bond acceptors (Lipinski definition) is 2. The highest BCUT2D eigenvalue weighted by Gasteiger charge is 2.08. The van der Waals surface area contributed by atoms with E-state index in [-0.39, 0.29) is 11.6 Å². The van der Waals surface area contributed by atoms with Gasteiger partial charge in [-0.3, -0.25) is 4.79 Å². The number of para-hydroxylation sites is 2. The summed E-state index contributed by atoms with van der Waals surface area (Å²) < 4.78 is 1.81. The molecular weight excluding hydrogens is 188 g/mol. The Balaban J connectivity index is 2.80. The predicted octanol–water partition coefficient (Wildman–Crippen LogP) is 2.37. The second-order valence-electron chi connectivity index (χ2n) is 3.71. The second-order valence-corrected chi connectivity index (χ2v) is 3.71. The lowest BCUT2D eigenvalue weighted by Crippen LogP contribution is -2.23. The summed E-state index contributed by atoms with van der Waals surface area (Å²) in [5.74, 6) is 0. The first kappa shape index (κ1) is 9.90. The van der Waals surface area contributed by atoms with Crippen LogP contribution in [0.15, 0.2) is 35.3 Å². The topological polar surface area (TPSA) is 34.9 Å². The molecule has 0 saturated heterocycles. The molecule has 78 valence electrons. The number of aromatic nitrogens is 2. The van der Waals surface area contributed by atoms with Gasteiger partial charge in [0.15, 0.2) is 0 Å². The first-order valence-electron chi connectivity index (χ1n) is 5.20. The standard InChI is InChI=1S/C12H14N2O/c1-3-9(2)14-11-7-5-4-6-10(11)13-8-12(14)15/h4-9H,3H2,1-2H3. The van der Waals surface area contributed by atoms with Crippen LogP contribution in [-0.2, 0) is 0 Å². The zero-order chi connectivity index (χ0) is 10.8. The molecule has 0 spiro atoms. The van der Waals surface area contributed by atoms with E-state index in [4.69, 9.17) is 0 Å². The number of nitrogens with zero attached hydrogens (tertiary/aromatic N) is 2. The molecule has 3 nitrogen and oxygen atoms in total. The van der Waals surface area contributed by atoms with E-state index < -0.39 is 0 Å². The van der Waals surface area contributed by atoms with Gasteiger partial charge in [0.2, 0.25) is 0 Å². The van der Waals surface area contributed by atoms with Crippen molar-refractivity contribution in [1.29, 1.82) is 0 Å². The highest BCUT2D eigenvalue weighted by molar-refractivity contribution is 5.74. The molecule has 1 aromatic heterocycles. The molecule has 1 heterocycles. The molecule has 3 heteroatoms. The van der Waals surface area contributed by atoms with Gasteiger partial charge in [0.25, 0.3) is 5.56 Å². The number of rotatable bonds is 2. The summed E-state index contributed by atoms with van der Waals surface area (Å²) in [5.41, 5.74) is 1.76. The van der Waals surface area contributed by atoms with Crippen molar-refractivity contribution in [2.24, 2.45) is 0 Å². The third-order valence-corrected chi connectivity index (χ3v) is 2.72. The molecule has 0 fully saturated rings. The van der Waals surface area contributed by atoms with Crippen molar-refractivity contribution in [2.75, 3.05) is 0 Å². The Hall–Kier alpha value is -1.64. The summed E-state index contributed by atoms with van der Waals surface area (Å²) >= 11 is 0. The maximum absolute atomic E-state index is 11.7. The van der Waals surface area contributed by atoms with Crippen LogP contribution in [0.2, 0.25) is 0 Å². The van der Waals surface area contributed by atoms with Gasteiger partial charge < -0.3 is 4.57 Å². The summed E-state index contributed by atoms with van der Waals surface area (Å²) in [7, 11) is 0. The SMILES string of the molecule is CCC(C)n1c(=O)cnc2ccccc21. The van der Waals surface area contributed by atoms with Gasteiger partial charge in [-0.1, -0.05) is 19.1 Å². The molecule has 0 saturated carbocycles. The minimum absolute atomic E-state index is 0.0250. The molecule has 0 aliphatic rings. The van der Waals surface area contributed by atoms with Crippen molar-refractivity contribution in [1.82, 2.24) is 9.55 Å². The van der Waals surface area contributed by atoms with Gasteiger partial charge in [0, 0.05) is 6.04 Å².